The number of anilines is 1. The number of aromatic nitrogens is 1. The molecule has 3 aromatic rings. The molecule has 0 aliphatic carbocycles. The van der Waals surface area contributed by atoms with Crippen LogP contribution >= 0.6 is 11.3 Å². The van der Waals surface area contributed by atoms with Crippen molar-refractivity contribution in [2.24, 2.45) is 0 Å². The van der Waals surface area contributed by atoms with Gasteiger partial charge >= 0.3 is 6.18 Å². The van der Waals surface area contributed by atoms with Crippen LogP contribution in [0, 0.1) is 0 Å². The highest BCUT2D eigenvalue weighted by Crippen LogP contribution is 2.33. The van der Waals surface area contributed by atoms with Crippen molar-refractivity contribution in [3.05, 3.63) is 53.6 Å². The maximum Gasteiger partial charge on any atom is 0.416 e. The molecule has 9 heteroatoms. The Morgan fingerprint density at radius 3 is 2.32 bits per heavy atom. The highest BCUT2D eigenvalue weighted by molar-refractivity contribution is 7.22. The van der Waals surface area contributed by atoms with Crippen molar-refractivity contribution in [2.45, 2.75) is 20.0 Å². The van der Waals surface area contributed by atoms with Crippen LogP contribution in [0.2, 0.25) is 0 Å². The number of carbonyl (C=O) groups excluding carboxylic acids is 1. The molecule has 3 rings (SSSR count). The Balaban J connectivity index is 1.94. The summed E-state index contributed by atoms with van der Waals surface area (Å²) in [6.07, 6.45) is -4.45. The Morgan fingerprint density at radius 1 is 1.06 bits per heavy atom. The van der Waals surface area contributed by atoms with E-state index in [-0.39, 0.29) is 11.5 Å². The van der Waals surface area contributed by atoms with Crippen LogP contribution < -0.4 is 9.64 Å². The number of hydrogen-bond acceptors (Lipinski definition) is 5. The number of alkyl halides is 3. The van der Waals surface area contributed by atoms with E-state index >= 15 is 0 Å². The Labute approximate surface area is 183 Å². The van der Waals surface area contributed by atoms with Gasteiger partial charge in [-0.05, 0) is 55.6 Å². The van der Waals surface area contributed by atoms with E-state index in [1.54, 1.807) is 13.2 Å². The predicted octanol–water partition coefficient (Wildman–Crippen LogP) is 5.31. The number of carbonyl (C=O) groups is 1. The summed E-state index contributed by atoms with van der Waals surface area (Å²) in [4.78, 5) is 21.6. The van der Waals surface area contributed by atoms with Crippen molar-refractivity contribution in [3.8, 4) is 5.75 Å². The summed E-state index contributed by atoms with van der Waals surface area (Å²) in [6.45, 7) is 6.73. The molecule has 1 aromatic heterocycles. The molecule has 0 unspecified atom stereocenters. The van der Waals surface area contributed by atoms with Gasteiger partial charge in [-0.15, -0.1) is 0 Å². The van der Waals surface area contributed by atoms with Gasteiger partial charge in [0.05, 0.1) is 22.9 Å². The van der Waals surface area contributed by atoms with E-state index in [2.05, 4.69) is 9.88 Å². The van der Waals surface area contributed by atoms with E-state index in [0.29, 0.717) is 24.0 Å². The Hall–Kier alpha value is -2.65. The summed E-state index contributed by atoms with van der Waals surface area (Å²) < 4.78 is 44.8. The molecule has 0 atom stereocenters. The van der Waals surface area contributed by atoms with Gasteiger partial charge in [-0.25, -0.2) is 4.98 Å². The molecule has 0 saturated heterocycles. The van der Waals surface area contributed by atoms with Crippen LogP contribution in [0.1, 0.15) is 29.8 Å². The summed E-state index contributed by atoms with van der Waals surface area (Å²) in [5.74, 6) is 0.304. The van der Waals surface area contributed by atoms with Crippen molar-refractivity contribution in [1.82, 2.24) is 9.88 Å². The Morgan fingerprint density at radius 2 is 1.74 bits per heavy atom. The molecule has 0 saturated carbocycles. The van der Waals surface area contributed by atoms with E-state index < -0.39 is 11.7 Å². The highest BCUT2D eigenvalue weighted by atomic mass is 32.1. The zero-order valence-electron chi connectivity index (χ0n) is 17.6. The maximum absolute atomic E-state index is 13.3. The number of ether oxygens (including phenoxy) is 1. The molecule has 2 aromatic carbocycles. The van der Waals surface area contributed by atoms with Crippen LogP contribution in [0.5, 0.6) is 5.75 Å². The summed E-state index contributed by atoms with van der Waals surface area (Å²) in [6, 6.07) is 9.75. The smallest absolute Gasteiger partial charge is 0.416 e. The lowest BCUT2D eigenvalue weighted by Crippen LogP contribution is -2.38. The third-order valence-corrected chi connectivity index (χ3v) is 6.09. The number of fused-ring (bicyclic) bond motifs is 1. The second-order valence-electron chi connectivity index (χ2n) is 6.89. The molecule has 166 valence electrons. The maximum atomic E-state index is 13.3. The third-order valence-electron chi connectivity index (χ3n) is 5.05. The average molecular weight is 452 g/mol. The predicted molar refractivity (Wildman–Crippen MR) is 117 cm³/mol. The van der Waals surface area contributed by atoms with Crippen molar-refractivity contribution >= 4 is 32.6 Å². The number of halogens is 3. The van der Waals surface area contributed by atoms with Crippen LogP contribution in [-0.4, -0.2) is 49.1 Å². The van der Waals surface area contributed by atoms with Gasteiger partial charge < -0.3 is 9.64 Å². The van der Waals surface area contributed by atoms with Gasteiger partial charge in [-0.2, -0.15) is 13.2 Å². The van der Waals surface area contributed by atoms with E-state index in [0.717, 1.165) is 35.4 Å². The van der Waals surface area contributed by atoms with Gasteiger partial charge in [-0.3, -0.25) is 9.69 Å². The number of methoxy groups -OCH3 is 1. The molecule has 0 radical (unpaired) electrons. The first-order chi connectivity index (χ1) is 14.8. The molecule has 31 heavy (non-hydrogen) atoms. The first kappa shape index (κ1) is 23.0. The van der Waals surface area contributed by atoms with Gasteiger partial charge in [0.25, 0.3) is 5.91 Å². The number of amides is 1. The highest BCUT2D eigenvalue weighted by Gasteiger charge is 2.31. The number of likely N-dealkylation sites (N-methyl/N-ethyl adjacent to an activating group) is 1. The van der Waals surface area contributed by atoms with Crippen LogP contribution in [-0.2, 0) is 6.18 Å². The first-order valence-corrected chi connectivity index (χ1v) is 10.7. The second kappa shape index (κ2) is 9.65. The number of hydrogen-bond donors (Lipinski definition) is 0. The summed E-state index contributed by atoms with van der Waals surface area (Å²) >= 11 is 1.35. The topological polar surface area (TPSA) is 45.7 Å². The van der Waals surface area contributed by atoms with Gasteiger partial charge in [0, 0.05) is 18.7 Å². The molecule has 0 N–H and O–H groups in total. The fraction of sp³-hybridized carbons (Fsp3) is 0.364. The normalized spacial score (nSPS) is 11.8. The van der Waals surface area contributed by atoms with E-state index in [4.69, 9.17) is 4.74 Å². The number of rotatable bonds is 8. The standard InChI is InChI=1S/C22H24F3N3O2S/c1-4-27(5-2)12-13-28(20(29)15-6-8-16(9-7-15)22(23,24)25)21-26-18-11-10-17(30-3)14-19(18)31-21/h6-11,14H,4-5,12-13H2,1-3H3. The molecular formula is C22H24F3N3O2S. The van der Waals surface area contributed by atoms with Gasteiger partial charge in [-0.1, -0.05) is 25.2 Å². The van der Waals surface area contributed by atoms with Crippen molar-refractivity contribution < 1.29 is 22.7 Å². The second-order valence-corrected chi connectivity index (χ2v) is 7.90. The molecule has 0 aliphatic rings. The zero-order chi connectivity index (χ0) is 22.6. The fourth-order valence-corrected chi connectivity index (χ4v) is 4.18. The lowest BCUT2D eigenvalue weighted by molar-refractivity contribution is -0.137. The van der Waals surface area contributed by atoms with Gasteiger partial charge in [0.1, 0.15) is 5.75 Å². The molecular weight excluding hydrogens is 427 g/mol. The quantitative estimate of drug-likeness (QED) is 0.466. The SMILES string of the molecule is CCN(CC)CCN(C(=O)c1ccc(C(F)(F)F)cc1)c1nc2ccc(OC)cc2s1. The van der Waals surface area contributed by atoms with Crippen LogP contribution in [0.3, 0.4) is 0 Å². The largest absolute Gasteiger partial charge is 0.497 e. The number of thiazole rings is 1. The number of benzene rings is 2. The van der Waals surface area contributed by atoms with E-state index in [1.807, 2.05) is 26.0 Å². The third kappa shape index (κ3) is 5.34. The van der Waals surface area contributed by atoms with Crippen LogP contribution in [0.4, 0.5) is 18.3 Å². The molecule has 0 bridgehead atoms. The first-order valence-electron chi connectivity index (χ1n) is 9.92. The summed E-state index contributed by atoms with van der Waals surface area (Å²) in [5.41, 5.74) is 0.129. The minimum absolute atomic E-state index is 0.185. The Kier molecular flexibility index (Phi) is 7.17. The zero-order valence-corrected chi connectivity index (χ0v) is 18.4. The monoisotopic (exact) mass is 451 g/mol. The lowest BCUT2D eigenvalue weighted by atomic mass is 10.1. The van der Waals surface area contributed by atoms with Crippen molar-refractivity contribution in [2.75, 3.05) is 38.2 Å². The summed E-state index contributed by atoms with van der Waals surface area (Å²) in [5, 5.41) is 0.500. The van der Waals surface area contributed by atoms with Gasteiger partial charge in [0.15, 0.2) is 5.13 Å². The lowest BCUT2D eigenvalue weighted by Gasteiger charge is -2.24. The van der Waals surface area contributed by atoms with Crippen LogP contribution in [0.25, 0.3) is 10.2 Å². The molecule has 0 fully saturated rings. The number of nitrogens with zero attached hydrogens (tertiary/aromatic N) is 3. The Bertz CT molecular complexity index is 1030. The minimum Gasteiger partial charge on any atom is -0.497 e. The van der Waals surface area contributed by atoms with Crippen molar-refractivity contribution in [3.63, 3.8) is 0 Å². The van der Waals surface area contributed by atoms with E-state index in [1.165, 1.54) is 28.4 Å². The van der Waals surface area contributed by atoms with Crippen LogP contribution in [0.15, 0.2) is 42.5 Å². The van der Waals surface area contributed by atoms with Gasteiger partial charge in [0.2, 0.25) is 0 Å². The molecule has 1 amide bonds. The average Bonchev–Trinajstić information content (AvgIpc) is 3.18. The molecule has 1 heterocycles. The fourth-order valence-electron chi connectivity index (χ4n) is 3.16. The van der Waals surface area contributed by atoms with Crippen molar-refractivity contribution in [1.29, 1.82) is 0 Å². The molecule has 0 spiro atoms. The minimum atomic E-state index is -4.45. The molecule has 5 nitrogen and oxygen atoms in total. The molecule has 0 aliphatic heterocycles. The van der Waals surface area contributed by atoms with E-state index in [9.17, 15) is 18.0 Å². The summed E-state index contributed by atoms with van der Waals surface area (Å²) in [7, 11) is 1.58.